The van der Waals surface area contributed by atoms with E-state index in [0.717, 1.165) is 30.7 Å². The molecule has 0 spiro atoms. The van der Waals surface area contributed by atoms with Gasteiger partial charge in [0.1, 0.15) is 0 Å². The van der Waals surface area contributed by atoms with E-state index in [4.69, 9.17) is 4.52 Å². The van der Waals surface area contributed by atoms with Crippen molar-refractivity contribution in [2.24, 2.45) is 5.92 Å². The fraction of sp³-hybridized carbons (Fsp3) is 0.545. The molecule has 7 heteroatoms. The van der Waals surface area contributed by atoms with Crippen LogP contribution in [0.15, 0.2) is 21.4 Å². The van der Waals surface area contributed by atoms with Gasteiger partial charge in [0.2, 0.25) is 5.89 Å². The minimum Gasteiger partial charge on any atom is -0.338 e. The second kappa shape index (κ2) is 4.81. The van der Waals surface area contributed by atoms with Gasteiger partial charge in [0.25, 0.3) is 0 Å². The first kappa shape index (κ1) is 11.9. The summed E-state index contributed by atoms with van der Waals surface area (Å²) < 4.78 is 8.10. The van der Waals surface area contributed by atoms with E-state index >= 15 is 0 Å². The number of aryl methyl sites for hydroxylation is 1. The summed E-state index contributed by atoms with van der Waals surface area (Å²) in [6.07, 6.45) is 3.82. The van der Waals surface area contributed by atoms with E-state index in [1.165, 1.54) is 0 Å². The molecule has 0 unspecified atom stereocenters. The van der Waals surface area contributed by atoms with E-state index in [1.54, 1.807) is 0 Å². The summed E-state index contributed by atoms with van der Waals surface area (Å²) in [6.45, 7) is 5.66. The Morgan fingerprint density at radius 1 is 1.50 bits per heavy atom. The maximum absolute atomic E-state index is 5.10. The van der Waals surface area contributed by atoms with Crippen LogP contribution in [0.2, 0.25) is 0 Å². The van der Waals surface area contributed by atoms with Gasteiger partial charge < -0.3 is 4.52 Å². The summed E-state index contributed by atoms with van der Waals surface area (Å²) in [4.78, 5) is 6.50. The molecule has 0 atom stereocenters. The first-order chi connectivity index (χ1) is 8.69. The second-order valence-corrected chi connectivity index (χ2v) is 5.59. The number of aromatic nitrogens is 4. The zero-order valence-electron chi connectivity index (χ0n) is 10.1. The zero-order valence-corrected chi connectivity index (χ0v) is 11.7. The van der Waals surface area contributed by atoms with Crippen molar-refractivity contribution in [3.8, 4) is 0 Å². The van der Waals surface area contributed by atoms with Crippen molar-refractivity contribution in [2.75, 3.05) is 13.1 Å². The molecule has 0 N–H and O–H groups in total. The molecule has 2 aromatic rings. The third-order valence-electron chi connectivity index (χ3n) is 3.01. The van der Waals surface area contributed by atoms with Gasteiger partial charge in [0.05, 0.1) is 17.2 Å². The van der Waals surface area contributed by atoms with Crippen LogP contribution in [0.25, 0.3) is 0 Å². The lowest BCUT2D eigenvalue weighted by atomic mass is 10.0. The van der Waals surface area contributed by atoms with Crippen LogP contribution in [0.5, 0.6) is 0 Å². The van der Waals surface area contributed by atoms with Gasteiger partial charge in [0, 0.05) is 31.7 Å². The van der Waals surface area contributed by atoms with Crippen molar-refractivity contribution >= 4 is 15.9 Å². The van der Waals surface area contributed by atoms with Crippen LogP contribution in [-0.2, 0) is 13.1 Å². The van der Waals surface area contributed by atoms with Crippen molar-refractivity contribution in [1.82, 2.24) is 24.8 Å². The molecule has 18 heavy (non-hydrogen) atoms. The highest BCUT2D eigenvalue weighted by Crippen LogP contribution is 2.20. The molecular formula is C11H14BrN5O. The van der Waals surface area contributed by atoms with Gasteiger partial charge in [-0.1, -0.05) is 5.16 Å². The van der Waals surface area contributed by atoms with E-state index in [-0.39, 0.29) is 0 Å². The molecule has 1 saturated heterocycles. The summed E-state index contributed by atoms with van der Waals surface area (Å²) in [6, 6.07) is 0. The number of hydrogen-bond acceptors (Lipinski definition) is 5. The van der Waals surface area contributed by atoms with Gasteiger partial charge in [-0.2, -0.15) is 10.1 Å². The lowest BCUT2D eigenvalue weighted by Gasteiger charge is -2.38. The van der Waals surface area contributed by atoms with Crippen LogP contribution in [0, 0.1) is 12.8 Å². The number of halogens is 1. The average molecular weight is 312 g/mol. The van der Waals surface area contributed by atoms with Gasteiger partial charge in [-0.05, 0) is 22.9 Å². The summed E-state index contributed by atoms with van der Waals surface area (Å²) in [7, 11) is 0. The maximum Gasteiger partial charge on any atom is 0.240 e. The molecule has 0 radical (unpaired) electrons. The van der Waals surface area contributed by atoms with Crippen LogP contribution in [-0.4, -0.2) is 37.9 Å². The van der Waals surface area contributed by atoms with Gasteiger partial charge in [-0.25, -0.2) is 0 Å². The topological polar surface area (TPSA) is 60.0 Å². The number of rotatable bonds is 4. The number of likely N-dealkylation sites (tertiary alicyclic amines) is 1. The van der Waals surface area contributed by atoms with E-state index in [2.05, 4.69) is 36.1 Å². The molecule has 2 aromatic heterocycles. The summed E-state index contributed by atoms with van der Waals surface area (Å²) in [5.41, 5.74) is 0. The van der Waals surface area contributed by atoms with Gasteiger partial charge >= 0.3 is 0 Å². The molecule has 0 aromatic carbocycles. The molecule has 0 aliphatic carbocycles. The monoisotopic (exact) mass is 311 g/mol. The van der Waals surface area contributed by atoms with Crippen molar-refractivity contribution < 1.29 is 4.52 Å². The lowest BCUT2D eigenvalue weighted by Crippen LogP contribution is -2.47. The molecular weight excluding hydrogens is 298 g/mol. The largest absolute Gasteiger partial charge is 0.338 e. The Hall–Kier alpha value is -1.21. The quantitative estimate of drug-likeness (QED) is 0.855. The van der Waals surface area contributed by atoms with E-state index in [0.29, 0.717) is 17.6 Å². The third kappa shape index (κ3) is 2.62. The highest BCUT2D eigenvalue weighted by atomic mass is 79.9. The molecule has 0 amide bonds. The molecule has 3 rings (SSSR count). The fourth-order valence-corrected chi connectivity index (χ4v) is 2.55. The minimum absolute atomic E-state index is 0.654. The zero-order chi connectivity index (χ0) is 12.5. The Morgan fingerprint density at radius 2 is 2.33 bits per heavy atom. The molecule has 1 fully saturated rings. The normalized spacial score (nSPS) is 17.0. The molecule has 0 saturated carbocycles. The summed E-state index contributed by atoms with van der Waals surface area (Å²) in [5, 5.41) is 8.05. The van der Waals surface area contributed by atoms with E-state index in [1.807, 2.05) is 24.0 Å². The Morgan fingerprint density at radius 3 is 2.94 bits per heavy atom. The predicted molar refractivity (Wildman–Crippen MR) is 67.7 cm³/mol. The van der Waals surface area contributed by atoms with Gasteiger partial charge in [-0.15, -0.1) is 0 Å². The van der Waals surface area contributed by atoms with Gasteiger partial charge in [-0.3, -0.25) is 9.58 Å². The smallest absolute Gasteiger partial charge is 0.240 e. The van der Waals surface area contributed by atoms with Crippen LogP contribution in [0.1, 0.15) is 11.7 Å². The first-order valence-electron chi connectivity index (χ1n) is 5.88. The van der Waals surface area contributed by atoms with Crippen molar-refractivity contribution in [1.29, 1.82) is 0 Å². The number of hydrogen-bond donors (Lipinski definition) is 0. The fourth-order valence-electron chi connectivity index (χ4n) is 2.22. The van der Waals surface area contributed by atoms with E-state index < -0.39 is 0 Å². The van der Waals surface area contributed by atoms with Gasteiger partial charge in [0.15, 0.2) is 5.82 Å². The van der Waals surface area contributed by atoms with Crippen molar-refractivity contribution in [3.63, 3.8) is 0 Å². The Kier molecular flexibility index (Phi) is 3.17. The Bertz CT molecular complexity index is 485. The Labute approximate surface area is 113 Å². The summed E-state index contributed by atoms with van der Waals surface area (Å²) >= 11 is 3.40. The molecule has 6 nitrogen and oxygen atoms in total. The van der Waals surface area contributed by atoms with Crippen LogP contribution in [0.4, 0.5) is 0 Å². The van der Waals surface area contributed by atoms with Crippen LogP contribution in [0.3, 0.4) is 0 Å². The summed E-state index contributed by atoms with van der Waals surface area (Å²) in [5.74, 6) is 2.05. The molecule has 96 valence electrons. The first-order valence-corrected chi connectivity index (χ1v) is 6.68. The Balaban J connectivity index is 1.46. The lowest BCUT2D eigenvalue weighted by molar-refractivity contribution is 0.0669. The highest BCUT2D eigenvalue weighted by Gasteiger charge is 2.28. The standard InChI is InChI=1S/C11H14BrN5O/c1-8-14-11(18-15-8)7-16-3-9(4-16)5-17-6-10(12)2-13-17/h2,6,9H,3-5,7H2,1H3. The molecule has 0 bridgehead atoms. The minimum atomic E-state index is 0.654. The SMILES string of the molecule is Cc1noc(CN2CC(Cn3cc(Br)cn3)C2)n1. The molecule has 1 aliphatic rings. The second-order valence-electron chi connectivity index (χ2n) is 4.68. The maximum atomic E-state index is 5.10. The van der Waals surface area contributed by atoms with E-state index in [9.17, 15) is 0 Å². The molecule has 3 heterocycles. The predicted octanol–water partition coefficient (Wildman–Crippen LogP) is 1.47. The van der Waals surface area contributed by atoms with Crippen molar-refractivity contribution in [2.45, 2.75) is 20.0 Å². The average Bonchev–Trinajstić information content (AvgIpc) is 2.85. The van der Waals surface area contributed by atoms with Crippen LogP contribution >= 0.6 is 15.9 Å². The van der Waals surface area contributed by atoms with Crippen LogP contribution < -0.4 is 0 Å². The molecule has 1 aliphatic heterocycles. The highest BCUT2D eigenvalue weighted by molar-refractivity contribution is 9.10. The number of nitrogens with zero attached hydrogens (tertiary/aromatic N) is 5. The third-order valence-corrected chi connectivity index (χ3v) is 3.42. The van der Waals surface area contributed by atoms with Crippen molar-refractivity contribution in [3.05, 3.63) is 28.6 Å².